The summed E-state index contributed by atoms with van der Waals surface area (Å²) < 4.78 is 7.08. The van der Waals surface area contributed by atoms with Crippen molar-refractivity contribution in [3.05, 3.63) is 47.3 Å². The van der Waals surface area contributed by atoms with Gasteiger partial charge in [0.2, 0.25) is 0 Å². The molecule has 7 heteroatoms. The van der Waals surface area contributed by atoms with Gasteiger partial charge in [-0.25, -0.2) is 4.98 Å². The van der Waals surface area contributed by atoms with Gasteiger partial charge >= 0.3 is 0 Å². The van der Waals surface area contributed by atoms with Gasteiger partial charge in [-0.3, -0.25) is 0 Å². The van der Waals surface area contributed by atoms with Crippen LogP contribution in [0.15, 0.2) is 30.3 Å². The average molecular weight is 390 g/mol. The number of likely N-dealkylation sites (N-methyl/N-ethyl adjacent to an activating group) is 1. The van der Waals surface area contributed by atoms with Crippen LogP contribution in [0.5, 0.6) is 0 Å². The summed E-state index contributed by atoms with van der Waals surface area (Å²) in [7, 11) is 3.63. The number of rotatable bonds is 5. The molecule has 0 bridgehead atoms. The van der Waals surface area contributed by atoms with Gasteiger partial charge in [0.25, 0.3) is 0 Å². The van der Waals surface area contributed by atoms with Crippen LogP contribution in [0.1, 0.15) is 30.3 Å². The number of nitriles is 1. The molecule has 7 nitrogen and oxygen atoms in total. The summed E-state index contributed by atoms with van der Waals surface area (Å²) in [5.41, 5.74) is 4.19. The van der Waals surface area contributed by atoms with Crippen molar-refractivity contribution in [3.8, 4) is 17.2 Å². The lowest BCUT2D eigenvalue weighted by atomic mass is 9.97. The first-order valence-corrected chi connectivity index (χ1v) is 9.82. The molecule has 0 amide bonds. The fourth-order valence-electron chi connectivity index (χ4n) is 4.14. The summed E-state index contributed by atoms with van der Waals surface area (Å²) in [5.74, 6) is 1.56. The number of benzene rings is 1. The minimum absolute atomic E-state index is 0.0258. The second-order valence-electron chi connectivity index (χ2n) is 7.86. The Morgan fingerprint density at radius 1 is 1.31 bits per heavy atom. The van der Waals surface area contributed by atoms with Crippen molar-refractivity contribution in [1.29, 1.82) is 5.26 Å². The lowest BCUT2D eigenvalue weighted by Gasteiger charge is -2.27. The van der Waals surface area contributed by atoms with Crippen molar-refractivity contribution in [3.63, 3.8) is 0 Å². The predicted octanol–water partition coefficient (Wildman–Crippen LogP) is 2.91. The topological polar surface area (TPSA) is 78.5 Å². The van der Waals surface area contributed by atoms with Gasteiger partial charge in [-0.15, -0.1) is 5.10 Å². The van der Waals surface area contributed by atoms with Crippen LogP contribution < -0.4 is 10.2 Å². The second-order valence-corrected chi connectivity index (χ2v) is 7.86. The largest absolute Gasteiger partial charge is 0.377 e. The van der Waals surface area contributed by atoms with Gasteiger partial charge in [0.1, 0.15) is 24.1 Å². The highest BCUT2D eigenvalue weighted by Crippen LogP contribution is 2.39. The number of fused-ring (bicyclic) bond motifs is 1. The zero-order chi connectivity index (χ0) is 20.6. The van der Waals surface area contributed by atoms with Crippen LogP contribution in [0.2, 0.25) is 0 Å². The summed E-state index contributed by atoms with van der Waals surface area (Å²) in [4.78, 5) is 6.97. The summed E-state index contributed by atoms with van der Waals surface area (Å²) in [6.07, 6.45) is 1.03. The van der Waals surface area contributed by atoms with Gasteiger partial charge < -0.3 is 15.0 Å². The summed E-state index contributed by atoms with van der Waals surface area (Å²) >= 11 is 0. The van der Waals surface area contributed by atoms with Crippen LogP contribution >= 0.6 is 0 Å². The van der Waals surface area contributed by atoms with Crippen LogP contribution in [-0.2, 0) is 11.3 Å². The smallest absolute Gasteiger partial charge is 0.177 e. The first-order chi connectivity index (χ1) is 14.0. The van der Waals surface area contributed by atoms with E-state index in [4.69, 9.17) is 9.84 Å². The van der Waals surface area contributed by atoms with Crippen molar-refractivity contribution in [2.75, 3.05) is 32.1 Å². The minimum Gasteiger partial charge on any atom is -0.377 e. The fraction of sp³-hybridized carbons (Fsp3) is 0.409. The molecule has 1 saturated heterocycles. The molecule has 0 unspecified atom stereocenters. The molecule has 1 N–H and O–H groups in total. The third kappa shape index (κ3) is 3.24. The van der Waals surface area contributed by atoms with Crippen LogP contribution in [-0.4, -0.2) is 47.4 Å². The van der Waals surface area contributed by atoms with E-state index in [9.17, 15) is 5.26 Å². The Bertz CT molecular complexity index is 1080. The SMILES string of the molecule is CN[C@@]1(C)CCN(c2c(-c3ccccc3)c(C)c(C#N)c3nc(COC)nn23)C1. The quantitative estimate of drug-likeness (QED) is 0.722. The number of anilines is 1. The first-order valence-electron chi connectivity index (χ1n) is 9.82. The number of aromatic nitrogens is 3. The molecule has 29 heavy (non-hydrogen) atoms. The normalized spacial score (nSPS) is 19.1. The van der Waals surface area contributed by atoms with Gasteiger partial charge in [-0.1, -0.05) is 30.3 Å². The van der Waals surface area contributed by atoms with E-state index in [1.54, 1.807) is 7.11 Å². The molecular weight excluding hydrogens is 364 g/mol. The van der Waals surface area contributed by atoms with Crippen LogP contribution in [0, 0.1) is 18.3 Å². The minimum atomic E-state index is 0.0258. The molecule has 1 aliphatic rings. The van der Waals surface area contributed by atoms with Gasteiger partial charge in [-0.2, -0.15) is 9.78 Å². The van der Waals surface area contributed by atoms with E-state index in [-0.39, 0.29) is 5.54 Å². The molecule has 4 rings (SSSR count). The Morgan fingerprint density at radius 2 is 2.07 bits per heavy atom. The molecule has 1 fully saturated rings. The van der Waals surface area contributed by atoms with E-state index in [0.717, 1.165) is 42.0 Å². The number of methoxy groups -OCH3 is 1. The monoisotopic (exact) mass is 390 g/mol. The van der Waals surface area contributed by atoms with Gasteiger partial charge in [0.05, 0.1) is 0 Å². The number of nitrogens with one attached hydrogen (secondary N) is 1. The molecule has 0 saturated carbocycles. The van der Waals surface area contributed by atoms with E-state index >= 15 is 0 Å². The van der Waals surface area contributed by atoms with Crippen LogP contribution in [0.3, 0.4) is 0 Å². The number of hydrogen-bond acceptors (Lipinski definition) is 6. The van der Waals surface area contributed by atoms with E-state index < -0.39 is 0 Å². The maximum absolute atomic E-state index is 9.92. The standard InChI is InChI=1S/C22H26N6O/c1-15-17(12-23)20-25-18(13-29-4)26-28(20)21(19(15)16-8-6-5-7-9-16)27-11-10-22(2,14-27)24-3/h5-9,24H,10-11,13-14H2,1-4H3/t22-/m0/s1. The van der Waals surface area contributed by atoms with Gasteiger partial charge in [0, 0.05) is 31.3 Å². The average Bonchev–Trinajstić information content (AvgIpc) is 3.32. The van der Waals surface area contributed by atoms with Crippen molar-refractivity contribution in [2.45, 2.75) is 32.4 Å². The summed E-state index contributed by atoms with van der Waals surface area (Å²) in [6.45, 7) is 6.29. The molecule has 0 aliphatic carbocycles. The van der Waals surface area contributed by atoms with Crippen LogP contribution in [0.4, 0.5) is 5.82 Å². The maximum atomic E-state index is 9.92. The highest BCUT2D eigenvalue weighted by Gasteiger charge is 2.36. The van der Waals surface area contributed by atoms with E-state index in [0.29, 0.717) is 23.6 Å². The number of nitrogens with zero attached hydrogens (tertiary/aromatic N) is 5. The molecular formula is C22H26N6O. The van der Waals surface area contributed by atoms with Crippen molar-refractivity contribution in [2.24, 2.45) is 0 Å². The fourth-order valence-corrected chi connectivity index (χ4v) is 4.14. The lowest BCUT2D eigenvalue weighted by Crippen LogP contribution is -2.42. The van der Waals surface area contributed by atoms with Crippen molar-refractivity contribution < 1.29 is 4.74 Å². The Balaban J connectivity index is 2.04. The first kappa shape index (κ1) is 19.4. The second kappa shape index (κ2) is 7.47. The molecule has 2 aromatic heterocycles. The van der Waals surface area contributed by atoms with Crippen molar-refractivity contribution >= 4 is 11.5 Å². The van der Waals surface area contributed by atoms with E-state index in [1.807, 2.05) is 36.7 Å². The molecule has 0 radical (unpaired) electrons. The third-order valence-electron chi connectivity index (χ3n) is 5.87. The Labute approximate surface area is 170 Å². The highest BCUT2D eigenvalue weighted by molar-refractivity contribution is 5.85. The Hall–Kier alpha value is -2.95. The van der Waals surface area contributed by atoms with Gasteiger partial charge in [-0.05, 0) is 38.4 Å². The molecule has 1 aromatic carbocycles. The highest BCUT2D eigenvalue weighted by atomic mass is 16.5. The van der Waals surface area contributed by atoms with Gasteiger partial charge in [0.15, 0.2) is 11.5 Å². The number of ether oxygens (including phenoxy) is 1. The number of hydrogen-bond donors (Lipinski definition) is 1. The number of pyridine rings is 1. The third-order valence-corrected chi connectivity index (χ3v) is 5.87. The van der Waals surface area contributed by atoms with E-state index in [1.165, 1.54) is 0 Å². The van der Waals surface area contributed by atoms with E-state index in [2.05, 4.69) is 40.3 Å². The summed E-state index contributed by atoms with van der Waals surface area (Å²) in [6, 6.07) is 12.6. The molecule has 150 valence electrons. The molecule has 1 atom stereocenters. The zero-order valence-corrected chi connectivity index (χ0v) is 17.4. The predicted molar refractivity (Wildman–Crippen MR) is 113 cm³/mol. The zero-order valence-electron chi connectivity index (χ0n) is 17.4. The summed E-state index contributed by atoms with van der Waals surface area (Å²) in [5, 5.41) is 18.1. The maximum Gasteiger partial charge on any atom is 0.177 e. The molecule has 3 aromatic rings. The molecule has 0 spiro atoms. The lowest BCUT2D eigenvalue weighted by molar-refractivity contribution is 0.178. The molecule has 1 aliphatic heterocycles. The Morgan fingerprint density at radius 3 is 2.69 bits per heavy atom. The Kier molecular flexibility index (Phi) is 4.99. The molecule has 3 heterocycles. The van der Waals surface area contributed by atoms with Crippen molar-refractivity contribution in [1.82, 2.24) is 19.9 Å². The van der Waals surface area contributed by atoms with Crippen LogP contribution in [0.25, 0.3) is 16.8 Å².